The van der Waals surface area contributed by atoms with Gasteiger partial charge in [0.05, 0.1) is 5.92 Å². The molecule has 1 aliphatic heterocycles. The summed E-state index contributed by atoms with van der Waals surface area (Å²) < 4.78 is 0. The van der Waals surface area contributed by atoms with Crippen LogP contribution in [-0.4, -0.2) is 40.1 Å². The number of benzene rings is 1. The van der Waals surface area contributed by atoms with E-state index in [9.17, 15) is 9.59 Å². The lowest BCUT2D eigenvalue weighted by Crippen LogP contribution is -2.27. The zero-order valence-electron chi connectivity index (χ0n) is 14.0. The second kappa shape index (κ2) is 6.43. The molecule has 0 radical (unpaired) electrons. The van der Waals surface area contributed by atoms with Crippen molar-refractivity contribution in [3.8, 4) is 0 Å². The molecular formula is C17H21N5O2. The molecule has 24 heavy (non-hydrogen) atoms. The van der Waals surface area contributed by atoms with Crippen molar-refractivity contribution in [2.75, 3.05) is 18.0 Å². The van der Waals surface area contributed by atoms with E-state index >= 15 is 0 Å². The van der Waals surface area contributed by atoms with Crippen molar-refractivity contribution in [1.82, 2.24) is 20.5 Å². The number of hydrogen-bond donors (Lipinski definition) is 2. The Morgan fingerprint density at radius 3 is 2.83 bits per heavy atom. The lowest BCUT2D eigenvalue weighted by atomic mass is 9.98. The van der Waals surface area contributed by atoms with E-state index in [1.807, 2.05) is 26.0 Å². The minimum Gasteiger partial charge on any atom is -0.352 e. The van der Waals surface area contributed by atoms with Gasteiger partial charge in [-0.1, -0.05) is 13.8 Å². The zero-order valence-corrected chi connectivity index (χ0v) is 14.0. The molecule has 1 aliphatic rings. The summed E-state index contributed by atoms with van der Waals surface area (Å²) in [5.41, 5.74) is 2.33. The molecular weight excluding hydrogens is 306 g/mol. The third kappa shape index (κ3) is 3.02. The number of nitrogens with zero attached hydrogens (tertiary/aromatic N) is 3. The minimum atomic E-state index is -0.107. The van der Waals surface area contributed by atoms with Crippen LogP contribution in [0, 0.1) is 5.92 Å². The van der Waals surface area contributed by atoms with E-state index in [1.54, 1.807) is 11.0 Å². The fraction of sp³-hybridized carbons (Fsp3) is 0.412. The average molecular weight is 327 g/mol. The van der Waals surface area contributed by atoms with E-state index < -0.39 is 0 Å². The third-order valence-corrected chi connectivity index (χ3v) is 4.14. The van der Waals surface area contributed by atoms with Crippen LogP contribution in [0.5, 0.6) is 0 Å². The molecule has 0 spiro atoms. The predicted molar refractivity (Wildman–Crippen MR) is 89.9 cm³/mol. The molecule has 2 amide bonds. The van der Waals surface area contributed by atoms with Gasteiger partial charge in [-0.2, -0.15) is 5.10 Å². The van der Waals surface area contributed by atoms with Gasteiger partial charge in [-0.05, 0) is 29.7 Å². The van der Waals surface area contributed by atoms with Crippen LogP contribution >= 0.6 is 0 Å². The number of carbonyl (C=O) groups is 2. The SMILES string of the molecule is CC(=O)N1CC(c2ncn[nH]2)c2cc(C(=O)NCC(C)C)ccc21. The Morgan fingerprint density at radius 1 is 1.42 bits per heavy atom. The van der Waals surface area contributed by atoms with Gasteiger partial charge in [0.15, 0.2) is 0 Å². The minimum absolute atomic E-state index is 0.0322. The summed E-state index contributed by atoms with van der Waals surface area (Å²) in [6, 6.07) is 5.44. The van der Waals surface area contributed by atoms with Crippen molar-refractivity contribution in [2.24, 2.45) is 5.92 Å². The monoisotopic (exact) mass is 327 g/mol. The lowest BCUT2D eigenvalue weighted by Gasteiger charge is -2.15. The first kappa shape index (κ1) is 16.2. The molecule has 126 valence electrons. The van der Waals surface area contributed by atoms with E-state index in [0.29, 0.717) is 30.4 Å². The van der Waals surface area contributed by atoms with Crippen LogP contribution in [0.15, 0.2) is 24.5 Å². The molecule has 0 aliphatic carbocycles. The quantitative estimate of drug-likeness (QED) is 0.894. The molecule has 1 unspecified atom stereocenters. The van der Waals surface area contributed by atoms with Gasteiger partial charge in [0.1, 0.15) is 12.2 Å². The Hall–Kier alpha value is -2.70. The second-order valence-electron chi connectivity index (χ2n) is 6.43. The molecule has 1 aromatic carbocycles. The van der Waals surface area contributed by atoms with Crippen LogP contribution in [0.4, 0.5) is 5.69 Å². The number of carbonyl (C=O) groups excluding carboxylic acids is 2. The summed E-state index contributed by atoms with van der Waals surface area (Å²) in [6.45, 7) is 6.76. The molecule has 2 N–H and O–H groups in total. The second-order valence-corrected chi connectivity index (χ2v) is 6.43. The van der Waals surface area contributed by atoms with Gasteiger partial charge in [0.25, 0.3) is 5.91 Å². The number of aromatic nitrogens is 3. The Morgan fingerprint density at radius 2 is 2.21 bits per heavy atom. The van der Waals surface area contributed by atoms with Gasteiger partial charge in [0.2, 0.25) is 5.91 Å². The highest BCUT2D eigenvalue weighted by Crippen LogP contribution is 2.39. The van der Waals surface area contributed by atoms with Crippen LogP contribution in [0.2, 0.25) is 0 Å². The molecule has 3 rings (SSSR count). The summed E-state index contributed by atoms with van der Waals surface area (Å²) in [5.74, 6) is 0.835. The molecule has 0 saturated heterocycles. The summed E-state index contributed by atoms with van der Waals surface area (Å²) in [6.07, 6.45) is 1.45. The summed E-state index contributed by atoms with van der Waals surface area (Å²) in [5, 5.41) is 9.68. The van der Waals surface area contributed by atoms with Crippen LogP contribution in [0.25, 0.3) is 0 Å². The Bertz CT molecular complexity index is 754. The number of hydrogen-bond acceptors (Lipinski definition) is 4. The Labute approximate surface area is 140 Å². The van der Waals surface area contributed by atoms with E-state index in [-0.39, 0.29) is 17.7 Å². The first-order chi connectivity index (χ1) is 11.5. The Kier molecular flexibility index (Phi) is 4.33. The number of H-pyrrole nitrogens is 1. The number of amides is 2. The van der Waals surface area contributed by atoms with Crippen molar-refractivity contribution in [1.29, 1.82) is 0 Å². The van der Waals surface area contributed by atoms with Crippen LogP contribution in [0.1, 0.15) is 48.4 Å². The number of nitrogens with one attached hydrogen (secondary N) is 2. The fourth-order valence-corrected chi connectivity index (χ4v) is 2.91. The molecule has 7 nitrogen and oxygen atoms in total. The molecule has 0 fully saturated rings. The first-order valence-electron chi connectivity index (χ1n) is 8.03. The van der Waals surface area contributed by atoms with Gasteiger partial charge < -0.3 is 10.2 Å². The van der Waals surface area contributed by atoms with Gasteiger partial charge in [-0.25, -0.2) is 4.98 Å². The van der Waals surface area contributed by atoms with E-state index in [1.165, 1.54) is 13.3 Å². The number of aromatic amines is 1. The standard InChI is InChI=1S/C17H21N5O2/c1-10(2)7-18-17(24)12-4-5-15-13(6-12)14(8-22(15)11(3)23)16-19-9-20-21-16/h4-6,9-10,14H,7-8H2,1-3H3,(H,18,24)(H,19,20,21). The van der Waals surface area contributed by atoms with Crippen molar-refractivity contribution in [3.05, 3.63) is 41.5 Å². The highest BCUT2D eigenvalue weighted by Gasteiger charge is 2.34. The maximum Gasteiger partial charge on any atom is 0.251 e. The lowest BCUT2D eigenvalue weighted by molar-refractivity contribution is -0.116. The van der Waals surface area contributed by atoms with Crippen molar-refractivity contribution >= 4 is 17.5 Å². The van der Waals surface area contributed by atoms with Crippen molar-refractivity contribution in [3.63, 3.8) is 0 Å². The molecule has 2 aromatic rings. The van der Waals surface area contributed by atoms with Gasteiger partial charge in [-0.15, -0.1) is 0 Å². The molecule has 7 heteroatoms. The van der Waals surface area contributed by atoms with Crippen molar-refractivity contribution < 1.29 is 9.59 Å². The maximum atomic E-state index is 12.3. The third-order valence-electron chi connectivity index (χ3n) is 4.14. The van der Waals surface area contributed by atoms with Crippen LogP contribution in [0.3, 0.4) is 0 Å². The topological polar surface area (TPSA) is 91.0 Å². The molecule has 1 atom stereocenters. The van der Waals surface area contributed by atoms with Crippen LogP contribution in [-0.2, 0) is 4.79 Å². The molecule has 2 heterocycles. The van der Waals surface area contributed by atoms with Crippen molar-refractivity contribution in [2.45, 2.75) is 26.7 Å². The normalized spacial score (nSPS) is 16.3. The van der Waals surface area contributed by atoms with E-state index in [4.69, 9.17) is 0 Å². The van der Waals surface area contributed by atoms with Gasteiger partial charge in [-0.3, -0.25) is 14.7 Å². The Balaban J connectivity index is 1.94. The molecule has 1 aromatic heterocycles. The predicted octanol–water partition coefficient (Wildman–Crippen LogP) is 1.69. The maximum absolute atomic E-state index is 12.3. The number of rotatable bonds is 4. The average Bonchev–Trinajstić information content (AvgIpc) is 3.18. The largest absolute Gasteiger partial charge is 0.352 e. The molecule has 0 saturated carbocycles. The summed E-state index contributed by atoms with van der Waals surface area (Å²) in [7, 11) is 0. The summed E-state index contributed by atoms with van der Waals surface area (Å²) >= 11 is 0. The van der Waals surface area contributed by atoms with E-state index in [0.717, 1.165) is 11.3 Å². The van der Waals surface area contributed by atoms with Crippen LogP contribution < -0.4 is 10.2 Å². The summed E-state index contributed by atoms with van der Waals surface area (Å²) in [4.78, 5) is 30.2. The van der Waals surface area contributed by atoms with E-state index in [2.05, 4.69) is 20.5 Å². The molecule has 0 bridgehead atoms. The number of fused-ring (bicyclic) bond motifs is 1. The number of anilines is 1. The highest BCUT2D eigenvalue weighted by molar-refractivity contribution is 5.98. The highest BCUT2D eigenvalue weighted by atomic mass is 16.2. The fourth-order valence-electron chi connectivity index (χ4n) is 2.91. The first-order valence-corrected chi connectivity index (χ1v) is 8.03. The smallest absolute Gasteiger partial charge is 0.251 e. The van der Waals surface area contributed by atoms with Gasteiger partial charge >= 0.3 is 0 Å². The van der Waals surface area contributed by atoms with Gasteiger partial charge in [0, 0.05) is 31.3 Å². The zero-order chi connectivity index (χ0) is 17.3.